The van der Waals surface area contributed by atoms with Crippen LogP contribution in [0.25, 0.3) is 0 Å². The third kappa shape index (κ3) is 3.33. The van der Waals surface area contributed by atoms with E-state index in [1.807, 2.05) is 0 Å². The van der Waals surface area contributed by atoms with Gasteiger partial charge in [-0.3, -0.25) is 4.79 Å². The maximum Gasteiger partial charge on any atom is 0.272 e. The molecule has 1 aromatic rings. The molecule has 0 heterocycles. The van der Waals surface area contributed by atoms with E-state index in [2.05, 4.69) is 17.5 Å². The summed E-state index contributed by atoms with van der Waals surface area (Å²) in [7, 11) is 0. The predicted octanol–water partition coefficient (Wildman–Crippen LogP) is 3.64. The summed E-state index contributed by atoms with van der Waals surface area (Å²) in [6.07, 6.45) is 4.36. The van der Waals surface area contributed by atoms with Gasteiger partial charge in [0.25, 0.3) is 5.91 Å². The zero-order chi connectivity index (χ0) is 13.0. The fraction of sp³-hybridized carbons (Fsp3) is 0.429. The summed E-state index contributed by atoms with van der Waals surface area (Å²) in [6, 6.07) is 6.98. The zero-order valence-electron chi connectivity index (χ0n) is 10.4. The van der Waals surface area contributed by atoms with Crippen molar-refractivity contribution in [2.24, 2.45) is 11.0 Å². The minimum absolute atomic E-state index is 0.244. The van der Waals surface area contributed by atoms with Crippen molar-refractivity contribution in [3.05, 3.63) is 34.9 Å². The highest BCUT2D eigenvalue weighted by Crippen LogP contribution is 2.21. The van der Waals surface area contributed by atoms with Gasteiger partial charge in [0, 0.05) is 5.71 Å². The molecule has 1 amide bonds. The average molecular weight is 265 g/mol. The first-order valence-electron chi connectivity index (χ1n) is 6.27. The van der Waals surface area contributed by atoms with Crippen molar-refractivity contribution in [2.75, 3.05) is 0 Å². The van der Waals surface area contributed by atoms with Crippen LogP contribution in [-0.4, -0.2) is 11.6 Å². The van der Waals surface area contributed by atoms with Gasteiger partial charge in [-0.25, -0.2) is 5.43 Å². The molecule has 1 aliphatic carbocycles. The van der Waals surface area contributed by atoms with Crippen molar-refractivity contribution in [1.82, 2.24) is 5.43 Å². The second kappa shape index (κ2) is 6.01. The van der Waals surface area contributed by atoms with E-state index in [-0.39, 0.29) is 5.91 Å². The van der Waals surface area contributed by atoms with Crippen LogP contribution in [0, 0.1) is 5.92 Å². The minimum atomic E-state index is -0.244. The number of hydrogen-bond acceptors (Lipinski definition) is 2. The molecule has 1 aromatic carbocycles. The fourth-order valence-corrected chi connectivity index (χ4v) is 2.42. The maximum absolute atomic E-state index is 11.9. The lowest BCUT2D eigenvalue weighted by Gasteiger charge is -2.18. The highest BCUT2D eigenvalue weighted by Gasteiger charge is 2.15. The lowest BCUT2D eigenvalue weighted by Crippen LogP contribution is -2.22. The summed E-state index contributed by atoms with van der Waals surface area (Å²) < 4.78 is 0. The molecular weight excluding hydrogens is 248 g/mol. The van der Waals surface area contributed by atoms with Gasteiger partial charge in [0.05, 0.1) is 10.6 Å². The van der Waals surface area contributed by atoms with Crippen molar-refractivity contribution in [1.29, 1.82) is 0 Å². The molecule has 18 heavy (non-hydrogen) atoms. The topological polar surface area (TPSA) is 41.5 Å². The Balaban J connectivity index is 2.00. The fourth-order valence-electron chi connectivity index (χ4n) is 2.20. The predicted molar refractivity (Wildman–Crippen MR) is 74.0 cm³/mol. The molecule has 4 heteroatoms. The van der Waals surface area contributed by atoms with Crippen LogP contribution in [0.4, 0.5) is 0 Å². The molecule has 2 rings (SSSR count). The molecular formula is C14H17ClN2O. The molecule has 0 radical (unpaired) electrons. The van der Waals surface area contributed by atoms with Crippen molar-refractivity contribution >= 4 is 23.2 Å². The Morgan fingerprint density at radius 3 is 2.94 bits per heavy atom. The highest BCUT2D eigenvalue weighted by atomic mass is 35.5. The van der Waals surface area contributed by atoms with Crippen LogP contribution in [0.2, 0.25) is 5.02 Å². The number of nitrogens with one attached hydrogen (secondary N) is 1. The molecule has 96 valence electrons. The van der Waals surface area contributed by atoms with Gasteiger partial charge < -0.3 is 0 Å². The highest BCUT2D eigenvalue weighted by molar-refractivity contribution is 6.33. The Labute approximate surface area is 112 Å². The molecule has 1 atom stereocenters. The normalized spacial score (nSPS) is 21.9. The SMILES string of the molecule is C[C@H]1CCC/C(=N\NC(=O)c2ccccc2Cl)C1. The lowest BCUT2D eigenvalue weighted by molar-refractivity contribution is 0.0954. The Morgan fingerprint density at radius 1 is 1.44 bits per heavy atom. The Morgan fingerprint density at radius 2 is 2.22 bits per heavy atom. The van der Waals surface area contributed by atoms with Gasteiger partial charge in [0.2, 0.25) is 0 Å². The van der Waals surface area contributed by atoms with Crippen molar-refractivity contribution < 1.29 is 4.79 Å². The van der Waals surface area contributed by atoms with Gasteiger partial charge in [-0.05, 0) is 43.7 Å². The first-order valence-corrected chi connectivity index (χ1v) is 6.65. The lowest BCUT2D eigenvalue weighted by atomic mass is 9.89. The summed E-state index contributed by atoms with van der Waals surface area (Å²) in [5.41, 5.74) is 4.14. The minimum Gasteiger partial charge on any atom is -0.267 e. The summed E-state index contributed by atoms with van der Waals surface area (Å²) in [6.45, 7) is 2.21. The maximum atomic E-state index is 11.9. The Hall–Kier alpha value is -1.35. The van der Waals surface area contributed by atoms with E-state index in [4.69, 9.17) is 11.6 Å². The molecule has 3 nitrogen and oxygen atoms in total. The van der Waals surface area contributed by atoms with Crippen LogP contribution >= 0.6 is 11.6 Å². The third-order valence-electron chi connectivity index (χ3n) is 3.18. The second-order valence-electron chi connectivity index (χ2n) is 4.80. The Kier molecular flexibility index (Phi) is 4.37. The summed E-state index contributed by atoms with van der Waals surface area (Å²) in [5, 5.41) is 4.66. The number of carbonyl (C=O) groups is 1. The van der Waals surface area contributed by atoms with Gasteiger partial charge in [0.15, 0.2) is 0 Å². The monoisotopic (exact) mass is 264 g/mol. The van der Waals surface area contributed by atoms with E-state index in [0.29, 0.717) is 16.5 Å². The van der Waals surface area contributed by atoms with Crippen LogP contribution in [-0.2, 0) is 0 Å². The van der Waals surface area contributed by atoms with E-state index in [1.165, 1.54) is 6.42 Å². The summed E-state index contributed by atoms with van der Waals surface area (Å²) in [5.74, 6) is 0.418. The number of rotatable bonds is 2. The molecule has 0 aliphatic heterocycles. The molecule has 1 fully saturated rings. The number of hydrazone groups is 1. The van der Waals surface area contributed by atoms with Gasteiger partial charge in [0.1, 0.15) is 0 Å². The molecule has 1 aliphatic rings. The number of halogens is 1. The number of hydrogen-bond donors (Lipinski definition) is 1. The average Bonchev–Trinajstić information content (AvgIpc) is 2.37. The van der Waals surface area contributed by atoms with Gasteiger partial charge in [-0.2, -0.15) is 5.10 Å². The molecule has 0 unspecified atom stereocenters. The van der Waals surface area contributed by atoms with E-state index < -0.39 is 0 Å². The van der Waals surface area contributed by atoms with Crippen molar-refractivity contribution in [3.63, 3.8) is 0 Å². The first kappa shape index (κ1) is 13.1. The van der Waals surface area contributed by atoms with Crippen LogP contribution in [0.3, 0.4) is 0 Å². The van der Waals surface area contributed by atoms with Crippen LogP contribution in [0.5, 0.6) is 0 Å². The van der Waals surface area contributed by atoms with E-state index in [1.54, 1.807) is 24.3 Å². The van der Waals surface area contributed by atoms with Crippen LogP contribution < -0.4 is 5.43 Å². The number of carbonyl (C=O) groups excluding carboxylic acids is 1. The van der Waals surface area contributed by atoms with Gasteiger partial charge in [-0.1, -0.05) is 30.7 Å². The van der Waals surface area contributed by atoms with Crippen molar-refractivity contribution in [2.45, 2.75) is 32.6 Å². The largest absolute Gasteiger partial charge is 0.272 e. The van der Waals surface area contributed by atoms with Crippen molar-refractivity contribution in [3.8, 4) is 0 Å². The van der Waals surface area contributed by atoms with E-state index in [0.717, 1.165) is 25.0 Å². The molecule has 0 saturated heterocycles. The number of amides is 1. The van der Waals surface area contributed by atoms with E-state index in [9.17, 15) is 4.79 Å². The molecule has 0 aromatic heterocycles. The number of nitrogens with zero attached hydrogens (tertiary/aromatic N) is 1. The summed E-state index contributed by atoms with van der Waals surface area (Å²) in [4.78, 5) is 11.9. The van der Waals surface area contributed by atoms with E-state index >= 15 is 0 Å². The molecule has 1 N–H and O–H groups in total. The molecule has 1 saturated carbocycles. The van der Waals surface area contributed by atoms with Crippen LogP contribution in [0.15, 0.2) is 29.4 Å². The van der Waals surface area contributed by atoms with Crippen LogP contribution in [0.1, 0.15) is 43.0 Å². The smallest absolute Gasteiger partial charge is 0.267 e. The Bertz CT molecular complexity index is 471. The molecule has 0 spiro atoms. The number of benzene rings is 1. The second-order valence-corrected chi connectivity index (χ2v) is 5.21. The van der Waals surface area contributed by atoms with Gasteiger partial charge in [-0.15, -0.1) is 0 Å². The summed E-state index contributed by atoms with van der Waals surface area (Å²) >= 11 is 5.95. The first-order chi connectivity index (χ1) is 8.66. The van der Waals surface area contributed by atoms with Gasteiger partial charge >= 0.3 is 0 Å². The quantitative estimate of drug-likeness (QED) is 0.814. The third-order valence-corrected chi connectivity index (χ3v) is 3.51. The molecule has 0 bridgehead atoms. The standard InChI is InChI=1S/C14H17ClN2O/c1-10-5-4-6-11(9-10)16-17-14(18)12-7-2-3-8-13(12)15/h2-3,7-8,10H,4-6,9H2,1H3,(H,17,18)/b16-11+/t10-/m0/s1. The zero-order valence-corrected chi connectivity index (χ0v) is 11.2.